The molecule has 0 aromatic carbocycles. The Bertz CT molecular complexity index is 139. The van der Waals surface area contributed by atoms with Crippen LogP contribution < -0.4 is 5.32 Å². The van der Waals surface area contributed by atoms with Crippen molar-refractivity contribution in [2.75, 3.05) is 46.4 Å². The van der Waals surface area contributed by atoms with E-state index < -0.39 is 0 Å². The number of nitrogens with zero attached hydrogens (tertiary/aromatic N) is 1. The summed E-state index contributed by atoms with van der Waals surface area (Å²) in [5.74, 6) is 0.760. The van der Waals surface area contributed by atoms with Crippen molar-refractivity contribution in [1.29, 1.82) is 0 Å². The van der Waals surface area contributed by atoms with Crippen molar-refractivity contribution in [1.82, 2.24) is 10.2 Å². The first kappa shape index (κ1) is 12.0. The Morgan fingerprint density at radius 3 is 3.07 bits per heavy atom. The Hall–Kier alpha value is -0.120. The largest absolute Gasteiger partial charge is 0.384 e. The van der Waals surface area contributed by atoms with Gasteiger partial charge in [-0.25, -0.2) is 0 Å². The molecule has 0 amide bonds. The minimum atomic E-state index is 0.760. The van der Waals surface area contributed by atoms with Crippen LogP contribution in [0.3, 0.4) is 0 Å². The predicted octanol–water partition coefficient (Wildman–Crippen LogP) is 0.954. The molecular formula is C11H24N2O. The van der Waals surface area contributed by atoms with Crippen LogP contribution in [0.5, 0.6) is 0 Å². The molecular weight excluding hydrogens is 176 g/mol. The third-order valence-corrected chi connectivity index (χ3v) is 2.86. The van der Waals surface area contributed by atoms with Gasteiger partial charge in [-0.3, -0.25) is 0 Å². The molecule has 0 aliphatic carbocycles. The maximum atomic E-state index is 5.21. The topological polar surface area (TPSA) is 24.5 Å². The zero-order valence-corrected chi connectivity index (χ0v) is 9.59. The molecule has 1 aliphatic rings. The summed E-state index contributed by atoms with van der Waals surface area (Å²) in [7, 11) is 1.80. The number of hydrogen-bond donors (Lipinski definition) is 1. The minimum absolute atomic E-state index is 0.760. The second kappa shape index (κ2) is 7.21. The molecule has 3 nitrogen and oxygen atoms in total. The molecule has 1 saturated heterocycles. The molecule has 1 atom stereocenters. The molecule has 84 valence electrons. The van der Waals surface area contributed by atoms with Crippen LogP contribution in [0.1, 0.15) is 19.8 Å². The van der Waals surface area contributed by atoms with Gasteiger partial charge in [0, 0.05) is 26.7 Å². The molecule has 1 heterocycles. The van der Waals surface area contributed by atoms with Crippen LogP contribution in [-0.4, -0.2) is 51.3 Å². The highest BCUT2D eigenvalue weighted by Gasteiger charge is 2.18. The number of rotatable bonds is 6. The van der Waals surface area contributed by atoms with Crippen molar-refractivity contribution in [3.8, 4) is 0 Å². The summed E-state index contributed by atoms with van der Waals surface area (Å²) in [4.78, 5) is 2.55. The van der Waals surface area contributed by atoms with Crippen LogP contribution in [0.2, 0.25) is 0 Å². The molecule has 0 aromatic rings. The Morgan fingerprint density at radius 2 is 2.36 bits per heavy atom. The number of nitrogens with one attached hydrogen (secondary N) is 1. The lowest BCUT2D eigenvalue weighted by Crippen LogP contribution is -2.40. The van der Waals surface area contributed by atoms with E-state index in [0.29, 0.717) is 0 Å². The summed E-state index contributed by atoms with van der Waals surface area (Å²) >= 11 is 0. The van der Waals surface area contributed by atoms with E-state index in [1.165, 1.54) is 32.5 Å². The Kier molecular flexibility index (Phi) is 6.15. The van der Waals surface area contributed by atoms with Crippen molar-refractivity contribution in [3.63, 3.8) is 0 Å². The van der Waals surface area contributed by atoms with Crippen molar-refractivity contribution >= 4 is 0 Å². The third-order valence-electron chi connectivity index (χ3n) is 2.86. The predicted molar refractivity (Wildman–Crippen MR) is 59.6 cm³/mol. The quantitative estimate of drug-likeness (QED) is 0.646. The molecule has 1 aliphatic heterocycles. The van der Waals surface area contributed by atoms with Gasteiger partial charge >= 0.3 is 0 Å². The van der Waals surface area contributed by atoms with Crippen LogP contribution >= 0.6 is 0 Å². The van der Waals surface area contributed by atoms with Crippen LogP contribution in [0, 0.1) is 5.92 Å². The van der Waals surface area contributed by atoms with Crippen LogP contribution in [0.4, 0.5) is 0 Å². The Morgan fingerprint density at radius 1 is 1.50 bits per heavy atom. The maximum Gasteiger partial charge on any atom is 0.0502 e. The normalized spacial score (nSPS) is 24.0. The molecule has 0 saturated carbocycles. The fourth-order valence-corrected chi connectivity index (χ4v) is 2.14. The number of piperidine rings is 1. The van der Waals surface area contributed by atoms with E-state index in [4.69, 9.17) is 4.74 Å². The van der Waals surface area contributed by atoms with Crippen molar-refractivity contribution in [2.24, 2.45) is 5.92 Å². The fraction of sp³-hybridized carbons (Fsp3) is 1.00. The first-order valence-corrected chi connectivity index (χ1v) is 5.78. The van der Waals surface area contributed by atoms with Crippen molar-refractivity contribution in [2.45, 2.75) is 19.8 Å². The maximum absolute atomic E-state index is 5.21. The highest BCUT2D eigenvalue weighted by molar-refractivity contribution is 4.73. The lowest BCUT2D eigenvalue weighted by Gasteiger charge is -2.32. The van der Waals surface area contributed by atoms with Gasteiger partial charge in [-0.2, -0.15) is 0 Å². The summed E-state index contributed by atoms with van der Waals surface area (Å²) < 4.78 is 5.21. The van der Waals surface area contributed by atoms with Gasteiger partial charge in [0.25, 0.3) is 0 Å². The first-order chi connectivity index (χ1) is 6.86. The average molecular weight is 200 g/mol. The molecule has 0 radical (unpaired) electrons. The second-order valence-corrected chi connectivity index (χ2v) is 4.12. The van der Waals surface area contributed by atoms with Gasteiger partial charge in [-0.15, -0.1) is 0 Å². The number of hydrogen-bond acceptors (Lipinski definition) is 3. The average Bonchev–Trinajstić information content (AvgIpc) is 2.19. The Balaban J connectivity index is 2.12. The van der Waals surface area contributed by atoms with Gasteiger partial charge in [0.2, 0.25) is 0 Å². The molecule has 1 unspecified atom stereocenters. The third kappa shape index (κ3) is 4.40. The molecule has 0 aromatic heterocycles. The van der Waals surface area contributed by atoms with Crippen LogP contribution in [0.15, 0.2) is 0 Å². The van der Waals surface area contributed by atoms with E-state index in [0.717, 1.165) is 25.6 Å². The summed E-state index contributed by atoms with van der Waals surface area (Å²) in [6.45, 7) is 8.96. The SMILES string of the molecule is CCNCCN1CCCC(COC)C1. The lowest BCUT2D eigenvalue weighted by atomic mass is 9.99. The summed E-state index contributed by atoms with van der Waals surface area (Å²) in [6, 6.07) is 0. The smallest absolute Gasteiger partial charge is 0.0502 e. The van der Waals surface area contributed by atoms with E-state index in [1.807, 2.05) is 0 Å². The lowest BCUT2D eigenvalue weighted by molar-refractivity contribution is 0.0912. The fourth-order valence-electron chi connectivity index (χ4n) is 2.14. The first-order valence-electron chi connectivity index (χ1n) is 5.78. The highest BCUT2D eigenvalue weighted by atomic mass is 16.5. The van der Waals surface area contributed by atoms with Crippen molar-refractivity contribution in [3.05, 3.63) is 0 Å². The number of likely N-dealkylation sites (tertiary alicyclic amines) is 1. The molecule has 1 rings (SSSR count). The van der Waals surface area contributed by atoms with Gasteiger partial charge in [-0.1, -0.05) is 6.92 Å². The number of ether oxygens (including phenoxy) is 1. The van der Waals surface area contributed by atoms with Crippen LogP contribution in [-0.2, 0) is 4.74 Å². The van der Waals surface area contributed by atoms with Crippen molar-refractivity contribution < 1.29 is 4.74 Å². The number of likely N-dealkylation sites (N-methyl/N-ethyl adjacent to an activating group) is 1. The van der Waals surface area contributed by atoms with Gasteiger partial charge < -0.3 is 15.0 Å². The minimum Gasteiger partial charge on any atom is -0.384 e. The number of methoxy groups -OCH3 is 1. The van der Waals surface area contributed by atoms with E-state index in [-0.39, 0.29) is 0 Å². The highest BCUT2D eigenvalue weighted by Crippen LogP contribution is 2.15. The van der Waals surface area contributed by atoms with Gasteiger partial charge in [0.15, 0.2) is 0 Å². The molecule has 3 heteroatoms. The molecule has 0 bridgehead atoms. The monoisotopic (exact) mass is 200 g/mol. The zero-order chi connectivity index (χ0) is 10.2. The van der Waals surface area contributed by atoms with E-state index >= 15 is 0 Å². The summed E-state index contributed by atoms with van der Waals surface area (Å²) in [5, 5.41) is 3.37. The Labute approximate surface area is 87.8 Å². The van der Waals surface area contributed by atoms with Gasteiger partial charge in [-0.05, 0) is 31.8 Å². The van der Waals surface area contributed by atoms with Gasteiger partial charge in [0.1, 0.15) is 0 Å². The van der Waals surface area contributed by atoms with E-state index in [2.05, 4.69) is 17.1 Å². The summed E-state index contributed by atoms with van der Waals surface area (Å²) in [5.41, 5.74) is 0. The second-order valence-electron chi connectivity index (χ2n) is 4.12. The van der Waals surface area contributed by atoms with Crippen LogP contribution in [0.25, 0.3) is 0 Å². The molecule has 1 N–H and O–H groups in total. The van der Waals surface area contributed by atoms with E-state index in [1.54, 1.807) is 7.11 Å². The molecule has 1 fully saturated rings. The molecule has 0 spiro atoms. The standard InChI is InChI=1S/C11H24N2O/c1-3-12-6-8-13-7-4-5-11(9-13)10-14-2/h11-12H,3-10H2,1-2H3. The summed E-state index contributed by atoms with van der Waals surface area (Å²) in [6.07, 6.45) is 2.67. The zero-order valence-electron chi connectivity index (χ0n) is 9.59. The molecule has 14 heavy (non-hydrogen) atoms. The van der Waals surface area contributed by atoms with Gasteiger partial charge in [0.05, 0.1) is 6.61 Å². The van der Waals surface area contributed by atoms with E-state index in [9.17, 15) is 0 Å².